The minimum Gasteiger partial charge on any atom is -0.462 e. The molecule has 1 atom stereocenters. The number of rotatable bonds is 51. The highest BCUT2D eigenvalue weighted by Gasteiger charge is 2.17. The molecule has 0 amide bonds. The highest BCUT2D eigenvalue weighted by Crippen LogP contribution is 2.15. The van der Waals surface area contributed by atoms with Crippen LogP contribution in [0.5, 0.6) is 0 Å². The molecule has 0 saturated heterocycles. The lowest BCUT2D eigenvalue weighted by molar-refractivity contribution is -0.163. The molecule has 0 N–H and O–H groups in total. The number of esters is 2. The minimum absolute atomic E-state index is 0.0540. The first-order valence-electron chi connectivity index (χ1n) is 28.4. The number of ether oxygens (including phenoxy) is 3. The molecule has 0 aliphatic rings. The van der Waals surface area contributed by atoms with Gasteiger partial charge in [0.05, 0.1) is 6.61 Å². The van der Waals surface area contributed by atoms with E-state index >= 15 is 0 Å². The van der Waals surface area contributed by atoms with Gasteiger partial charge in [-0.2, -0.15) is 0 Å². The summed E-state index contributed by atoms with van der Waals surface area (Å²) in [6.07, 6.45) is 79.6. The summed E-state index contributed by atoms with van der Waals surface area (Å²) in [6, 6.07) is 0. The van der Waals surface area contributed by atoms with Gasteiger partial charge >= 0.3 is 11.9 Å². The van der Waals surface area contributed by atoms with E-state index in [1.165, 1.54) is 89.9 Å². The van der Waals surface area contributed by atoms with Crippen LogP contribution in [0.25, 0.3) is 0 Å². The minimum atomic E-state index is -0.569. The lowest BCUT2D eigenvalue weighted by atomic mass is 10.0. The van der Waals surface area contributed by atoms with Crippen LogP contribution >= 0.6 is 0 Å². The van der Waals surface area contributed by atoms with Crippen molar-refractivity contribution in [1.29, 1.82) is 0 Å². The summed E-state index contributed by atoms with van der Waals surface area (Å²) < 4.78 is 17.4. The third-order valence-electron chi connectivity index (χ3n) is 11.8. The molecule has 0 spiro atoms. The lowest BCUT2D eigenvalue weighted by Gasteiger charge is -2.18. The second kappa shape index (κ2) is 57.9. The molecule has 0 aliphatic heterocycles. The third-order valence-corrected chi connectivity index (χ3v) is 11.8. The number of allylic oxidation sites excluding steroid dienone is 18. The van der Waals surface area contributed by atoms with E-state index < -0.39 is 6.10 Å². The van der Waals surface area contributed by atoms with Crippen molar-refractivity contribution in [3.05, 3.63) is 109 Å². The normalized spacial score (nSPS) is 13.0. The molecule has 5 heteroatoms. The van der Waals surface area contributed by atoms with E-state index in [1.807, 2.05) is 0 Å². The standard InChI is InChI=1S/C63H106O5/c1-4-7-10-13-16-19-22-25-28-31-32-34-35-38-41-44-47-50-53-56-62(64)67-60-61(59-66-58-55-52-49-46-43-40-37-30-27-24-21-18-15-12-9-6-3)68-63(65)57-54-51-48-45-42-39-36-33-29-26-23-20-17-14-11-8-5-2/h7-8,10-11,16-17,19-20,25-26,28-29,32,34,36,38-39,41,61H,4-6,9,12-15,18,21-24,27,30-31,33,35,37,40,42-60H2,1-3H3/b10-7-,11-8-,19-16-,20-17-,28-25-,29-26-,34-32-,39-36-,41-38-/t61-/m1/s1. The van der Waals surface area contributed by atoms with Gasteiger partial charge in [0.25, 0.3) is 0 Å². The van der Waals surface area contributed by atoms with Gasteiger partial charge in [-0.05, 0) is 103 Å². The fourth-order valence-electron chi connectivity index (χ4n) is 7.65. The molecule has 0 saturated carbocycles. The third kappa shape index (κ3) is 55.2. The SMILES string of the molecule is CC/C=C\C/C=C\C/C=C\C/C=C\C/C=C\CCCCCC(=O)OC[C@@H](COCCCCCCCCCCCCCCCCCC)OC(=O)CCCCCC/C=C\C/C=C\C/C=C\C/C=C\CC. The summed E-state index contributed by atoms with van der Waals surface area (Å²) in [5, 5.41) is 0. The predicted octanol–water partition coefficient (Wildman–Crippen LogP) is 19.6. The molecule has 0 heterocycles. The molecule has 5 nitrogen and oxygen atoms in total. The zero-order valence-electron chi connectivity index (χ0n) is 44.6. The van der Waals surface area contributed by atoms with Gasteiger partial charge in [0.1, 0.15) is 6.61 Å². The zero-order chi connectivity index (χ0) is 49.2. The highest BCUT2D eigenvalue weighted by atomic mass is 16.6. The Labute approximate surface area is 421 Å². The second-order valence-electron chi connectivity index (χ2n) is 18.4. The van der Waals surface area contributed by atoms with E-state index in [0.29, 0.717) is 19.4 Å². The molecule has 0 fully saturated rings. The number of unbranched alkanes of at least 4 members (excludes halogenated alkanes) is 22. The topological polar surface area (TPSA) is 61.8 Å². The Balaban J connectivity index is 4.39. The fraction of sp³-hybridized carbons (Fsp3) is 0.683. The molecule has 0 unspecified atom stereocenters. The molecule has 0 aromatic heterocycles. The maximum absolute atomic E-state index is 12.9. The van der Waals surface area contributed by atoms with Crippen LogP contribution in [0.3, 0.4) is 0 Å². The first kappa shape index (κ1) is 64.6. The van der Waals surface area contributed by atoms with E-state index in [9.17, 15) is 9.59 Å². The van der Waals surface area contributed by atoms with E-state index in [0.717, 1.165) is 128 Å². The molecule has 0 aliphatic carbocycles. The van der Waals surface area contributed by atoms with Crippen molar-refractivity contribution >= 4 is 11.9 Å². The summed E-state index contributed by atoms with van der Waals surface area (Å²) in [5.74, 6) is -0.460. The molecule has 0 aromatic carbocycles. The van der Waals surface area contributed by atoms with Gasteiger partial charge in [0.2, 0.25) is 0 Å². The lowest BCUT2D eigenvalue weighted by Crippen LogP contribution is -2.30. The first-order chi connectivity index (χ1) is 33.6. The van der Waals surface area contributed by atoms with E-state index in [1.54, 1.807) is 0 Å². The van der Waals surface area contributed by atoms with Gasteiger partial charge in [-0.25, -0.2) is 0 Å². The molecule has 388 valence electrons. The maximum atomic E-state index is 12.9. The molecule has 0 aromatic rings. The average Bonchev–Trinajstić information content (AvgIpc) is 3.34. The van der Waals surface area contributed by atoms with Gasteiger partial charge in [0, 0.05) is 19.4 Å². The van der Waals surface area contributed by atoms with Crippen molar-refractivity contribution in [1.82, 2.24) is 0 Å². The summed E-state index contributed by atoms with van der Waals surface area (Å²) in [6.45, 7) is 7.56. The quantitative estimate of drug-likeness (QED) is 0.0345. The number of hydrogen-bond donors (Lipinski definition) is 0. The molecule has 0 bridgehead atoms. The maximum Gasteiger partial charge on any atom is 0.306 e. The predicted molar refractivity (Wildman–Crippen MR) is 297 cm³/mol. The highest BCUT2D eigenvalue weighted by molar-refractivity contribution is 5.70. The molecule has 0 rings (SSSR count). The van der Waals surface area contributed by atoms with Crippen LogP contribution < -0.4 is 0 Å². The van der Waals surface area contributed by atoms with Crippen molar-refractivity contribution in [3.63, 3.8) is 0 Å². The van der Waals surface area contributed by atoms with Crippen LogP contribution in [-0.4, -0.2) is 37.9 Å². The smallest absolute Gasteiger partial charge is 0.306 e. The van der Waals surface area contributed by atoms with Gasteiger partial charge in [-0.3, -0.25) is 9.59 Å². The Bertz CT molecular complexity index is 1340. The van der Waals surface area contributed by atoms with Crippen LogP contribution in [0.2, 0.25) is 0 Å². The molecular formula is C63H106O5. The number of carbonyl (C=O) groups excluding carboxylic acids is 2. The molecule has 0 radical (unpaired) electrons. The summed E-state index contributed by atoms with van der Waals surface area (Å²) >= 11 is 0. The van der Waals surface area contributed by atoms with Crippen LogP contribution in [0, 0.1) is 0 Å². The van der Waals surface area contributed by atoms with Gasteiger partial charge in [-0.15, -0.1) is 0 Å². The van der Waals surface area contributed by atoms with Crippen LogP contribution in [0.1, 0.15) is 252 Å². The van der Waals surface area contributed by atoms with E-state index in [2.05, 4.69) is 130 Å². The van der Waals surface area contributed by atoms with Gasteiger partial charge in [-0.1, -0.05) is 246 Å². The Morgan fingerprint density at radius 2 is 0.662 bits per heavy atom. The Hall–Kier alpha value is -3.44. The number of carbonyl (C=O) groups is 2. The van der Waals surface area contributed by atoms with Crippen LogP contribution in [-0.2, 0) is 23.8 Å². The van der Waals surface area contributed by atoms with Crippen molar-refractivity contribution in [2.45, 2.75) is 258 Å². The van der Waals surface area contributed by atoms with Crippen molar-refractivity contribution in [2.24, 2.45) is 0 Å². The first-order valence-corrected chi connectivity index (χ1v) is 28.4. The van der Waals surface area contributed by atoms with E-state index in [4.69, 9.17) is 14.2 Å². The van der Waals surface area contributed by atoms with Gasteiger partial charge in [0.15, 0.2) is 6.10 Å². The Kier molecular flexibility index (Phi) is 54.9. The molecular weight excluding hydrogens is 837 g/mol. The Morgan fingerprint density at radius 1 is 0.338 bits per heavy atom. The van der Waals surface area contributed by atoms with Crippen molar-refractivity contribution in [3.8, 4) is 0 Å². The van der Waals surface area contributed by atoms with Crippen molar-refractivity contribution < 1.29 is 23.8 Å². The summed E-state index contributed by atoms with van der Waals surface area (Å²) in [4.78, 5) is 25.5. The Morgan fingerprint density at radius 3 is 1.07 bits per heavy atom. The van der Waals surface area contributed by atoms with Crippen LogP contribution in [0.15, 0.2) is 109 Å². The van der Waals surface area contributed by atoms with Crippen molar-refractivity contribution in [2.75, 3.05) is 19.8 Å². The van der Waals surface area contributed by atoms with E-state index in [-0.39, 0.29) is 25.2 Å². The zero-order valence-corrected chi connectivity index (χ0v) is 44.6. The fourth-order valence-corrected chi connectivity index (χ4v) is 7.65. The summed E-state index contributed by atoms with van der Waals surface area (Å²) in [5.41, 5.74) is 0. The van der Waals surface area contributed by atoms with Gasteiger partial charge < -0.3 is 14.2 Å². The average molecular weight is 944 g/mol. The monoisotopic (exact) mass is 943 g/mol. The van der Waals surface area contributed by atoms with Crippen LogP contribution in [0.4, 0.5) is 0 Å². The second-order valence-corrected chi connectivity index (χ2v) is 18.4. The molecule has 68 heavy (non-hydrogen) atoms. The summed E-state index contributed by atoms with van der Waals surface area (Å²) in [7, 11) is 0. The largest absolute Gasteiger partial charge is 0.462 e. The number of hydrogen-bond acceptors (Lipinski definition) is 5.